The Hall–Kier alpha value is -1.55. The first-order valence-electron chi connectivity index (χ1n) is 7.39. The highest BCUT2D eigenvalue weighted by molar-refractivity contribution is 6.33. The van der Waals surface area contributed by atoms with Gasteiger partial charge in [0, 0.05) is 13.0 Å². The molecule has 1 aromatic carbocycles. The smallest absolute Gasteiger partial charge is 0.247 e. The molecule has 1 unspecified atom stereocenters. The molecule has 5 heteroatoms. The number of hydrogen-bond acceptors (Lipinski definition) is 2. The zero-order valence-electron chi connectivity index (χ0n) is 12.5. The molecule has 0 spiro atoms. The third-order valence-electron chi connectivity index (χ3n) is 3.81. The molecule has 1 aliphatic heterocycles. The molecule has 0 bridgehead atoms. The highest BCUT2D eigenvalue weighted by Crippen LogP contribution is 2.25. The lowest BCUT2D eigenvalue weighted by Gasteiger charge is -2.34. The minimum atomic E-state index is -0.386. The molecular weight excluding hydrogens is 288 g/mol. The summed E-state index contributed by atoms with van der Waals surface area (Å²) in [5.41, 5.74) is 1.64. The second-order valence-corrected chi connectivity index (χ2v) is 5.83. The molecule has 2 rings (SSSR count). The molecule has 1 N–H and O–H groups in total. The van der Waals surface area contributed by atoms with Gasteiger partial charge in [0.2, 0.25) is 11.8 Å². The Morgan fingerprint density at radius 1 is 1.38 bits per heavy atom. The molecule has 1 heterocycles. The topological polar surface area (TPSA) is 49.4 Å². The molecule has 1 fully saturated rings. The van der Waals surface area contributed by atoms with Gasteiger partial charge in [-0.2, -0.15) is 0 Å². The van der Waals surface area contributed by atoms with E-state index in [1.165, 1.54) is 0 Å². The van der Waals surface area contributed by atoms with Gasteiger partial charge in [-0.05, 0) is 43.9 Å². The second kappa shape index (κ2) is 6.94. The molecule has 114 valence electrons. The fourth-order valence-electron chi connectivity index (χ4n) is 2.64. The number of likely N-dealkylation sites (tertiary alicyclic amines) is 1. The summed E-state index contributed by atoms with van der Waals surface area (Å²) in [6.45, 7) is 4.43. The van der Waals surface area contributed by atoms with Crippen LogP contribution in [0, 0.1) is 6.92 Å². The highest BCUT2D eigenvalue weighted by atomic mass is 35.5. The van der Waals surface area contributed by atoms with Crippen LogP contribution in [0.15, 0.2) is 18.2 Å². The maximum atomic E-state index is 12.5. The van der Waals surface area contributed by atoms with E-state index in [1.54, 1.807) is 11.0 Å². The molecule has 1 aromatic rings. The maximum Gasteiger partial charge on any atom is 0.247 e. The number of nitrogens with one attached hydrogen (secondary N) is 1. The van der Waals surface area contributed by atoms with Crippen LogP contribution < -0.4 is 5.32 Å². The van der Waals surface area contributed by atoms with Crippen LogP contribution in [-0.2, 0) is 9.59 Å². The summed E-state index contributed by atoms with van der Waals surface area (Å²) in [4.78, 5) is 26.1. The number of hydrogen-bond donors (Lipinski definition) is 1. The Bertz CT molecular complexity index is 545. The number of aryl methyl sites for hydroxylation is 1. The maximum absolute atomic E-state index is 12.5. The molecule has 4 nitrogen and oxygen atoms in total. The van der Waals surface area contributed by atoms with Crippen molar-refractivity contribution in [3.63, 3.8) is 0 Å². The summed E-state index contributed by atoms with van der Waals surface area (Å²) >= 11 is 6.14. The second-order valence-electron chi connectivity index (χ2n) is 5.42. The zero-order chi connectivity index (χ0) is 15.4. The minimum absolute atomic E-state index is 0.0323. The number of anilines is 1. The zero-order valence-corrected chi connectivity index (χ0v) is 13.2. The lowest BCUT2D eigenvalue weighted by molar-refractivity contribution is -0.140. The van der Waals surface area contributed by atoms with Gasteiger partial charge in [-0.25, -0.2) is 0 Å². The third-order valence-corrected chi connectivity index (χ3v) is 4.12. The first-order chi connectivity index (χ1) is 10.0. The summed E-state index contributed by atoms with van der Waals surface area (Å²) in [5, 5.41) is 3.37. The predicted octanol–water partition coefficient (Wildman–Crippen LogP) is 3.38. The summed E-state index contributed by atoms with van der Waals surface area (Å²) in [7, 11) is 0. The average Bonchev–Trinajstić information content (AvgIpc) is 2.49. The molecule has 1 aliphatic rings. The monoisotopic (exact) mass is 308 g/mol. The van der Waals surface area contributed by atoms with E-state index in [4.69, 9.17) is 11.6 Å². The van der Waals surface area contributed by atoms with Gasteiger partial charge < -0.3 is 10.2 Å². The van der Waals surface area contributed by atoms with Crippen LogP contribution >= 0.6 is 11.6 Å². The van der Waals surface area contributed by atoms with Crippen molar-refractivity contribution in [1.29, 1.82) is 0 Å². The fraction of sp³-hybridized carbons (Fsp3) is 0.500. The number of benzene rings is 1. The van der Waals surface area contributed by atoms with Gasteiger partial charge in [-0.3, -0.25) is 9.59 Å². The SMILES string of the molecule is CCC(=O)N1CCCCC1C(=O)Nc1ccc(C)cc1Cl. The highest BCUT2D eigenvalue weighted by Gasteiger charge is 2.31. The van der Waals surface area contributed by atoms with Crippen LogP contribution in [0.5, 0.6) is 0 Å². The van der Waals surface area contributed by atoms with Crippen molar-refractivity contribution in [3.05, 3.63) is 28.8 Å². The van der Waals surface area contributed by atoms with Crippen molar-refractivity contribution in [2.45, 2.75) is 45.6 Å². The summed E-state index contributed by atoms with van der Waals surface area (Å²) in [6.07, 6.45) is 3.06. The largest absolute Gasteiger partial charge is 0.331 e. The van der Waals surface area contributed by atoms with E-state index in [2.05, 4.69) is 5.32 Å². The fourth-order valence-corrected chi connectivity index (χ4v) is 2.93. The van der Waals surface area contributed by atoms with Crippen molar-refractivity contribution in [3.8, 4) is 0 Å². The number of carbonyl (C=O) groups is 2. The van der Waals surface area contributed by atoms with E-state index in [-0.39, 0.29) is 17.9 Å². The summed E-state index contributed by atoms with van der Waals surface area (Å²) in [5.74, 6) is -0.118. The first-order valence-corrected chi connectivity index (χ1v) is 7.77. The van der Waals surface area contributed by atoms with Gasteiger partial charge in [0.05, 0.1) is 10.7 Å². The number of carbonyl (C=O) groups excluding carboxylic acids is 2. The normalized spacial score (nSPS) is 18.4. The van der Waals surface area contributed by atoms with E-state index < -0.39 is 0 Å². The van der Waals surface area contributed by atoms with Gasteiger partial charge in [-0.1, -0.05) is 24.6 Å². The van der Waals surface area contributed by atoms with Crippen LogP contribution in [0.25, 0.3) is 0 Å². The lowest BCUT2D eigenvalue weighted by atomic mass is 10.0. The summed E-state index contributed by atoms with van der Waals surface area (Å²) in [6, 6.07) is 5.12. The minimum Gasteiger partial charge on any atom is -0.331 e. The van der Waals surface area contributed by atoms with Crippen molar-refractivity contribution >= 4 is 29.1 Å². The third kappa shape index (κ3) is 3.76. The molecule has 0 radical (unpaired) electrons. The molecule has 0 aromatic heterocycles. The van der Waals surface area contributed by atoms with E-state index in [0.29, 0.717) is 30.1 Å². The first kappa shape index (κ1) is 15.8. The van der Waals surface area contributed by atoms with E-state index in [1.807, 2.05) is 26.0 Å². The standard InChI is InChI=1S/C16H21ClN2O2/c1-3-15(20)19-9-5-4-6-14(19)16(21)18-13-8-7-11(2)10-12(13)17/h7-8,10,14H,3-6,9H2,1-2H3,(H,18,21). The molecule has 2 amide bonds. The van der Waals surface area contributed by atoms with Gasteiger partial charge in [0.1, 0.15) is 6.04 Å². The molecular formula is C16H21ClN2O2. The van der Waals surface area contributed by atoms with Crippen molar-refractivity contribution in [2.75, 3.05) is 11.9 Å². The molecule has 0 saturated carbocycles. The van der Waals surface area contributed by atoms with E-state index in [0.717, 1.165) is 18.4 Å². The molecule has 21 heavy (non-hydrogen) atoms. The number of amides is 2. The quantitative estimate of drug-likeness (QED) is 0.930. The Morgan fingerprint density at radius 3 is 2.81 bits per heavy atom. The van der Waals surface area contributed by atoms with E-state index >= 15 is 0 Å². The Morgan fingerprint density at radius 2 is 2.14 bits per heavy atom. The van der Waals surface area contributed by atoms with Gasteiger partial charge in [-0.15, -0.1) is 0 Å². The van der Waals surface area contributed by atoms with Crippen LogP contribution in [0.2, 0.25) is 5.02 Å². The number of piperidine rings is 1. The van der Waals surface area contributed by atoms with E-state index in [9.17, 15) is 9.59 Å². The number of rotatable bonds is 3. The van der Waals surface area contributed by atoms with Gasteiger partial charge in [0.25, 0.3) is 0 Å². The predicted molar refractivity (Wildman–Crippen MR) is 84.5 cm³/mol. The number of halogens is 1. The molecule has 1 saturated heterocycles. The average molecular weight is 309 g/mol. The Labute approximate surface area is 130 Å². The molecule has 0 aliphatic carbocycles. The Kier molecular flexibility index (Phi) is 5.23. The van der Waals surface area contributed by atoms with Crippen LogP contribution in [0.3, 0.4) is 0 Å². The van der Waals surface area contributed by atoms with Crippen LogP contribution in [-0.4, -0.2) is 29.3 Å². The van der Waals surface area contributed by atoms with Crippen molar-refractivity contribution in [1.82, 2.24) is 4.90 Å². The van der Waals surface area contributed by atoms with Crippen molar-refractivity contribution < 1.29 is 9.59 Å². The van der Waals surface area contributed by atoms with Gasteiger partial charge >= 0.3 is 0 Å². The van der Waals surface area contributed by atoms with Crippen LogP contribution in [0.1, 0.15) is 38.2 Å². The summed E-state index contributed by atoms with van der Waals surface area (Å²) < 4.78 is 0. The van der Waals surface area contributed by atoms with Crippen molar-refractivity contribution in [2.24, 2.45) is 0 Å². The molecule has 1 atom stereocenters. The number of nitrogens with zero attached hydrogens (tertiary/aromatic N) is 1. The van der Waals surface area contributed by atoms with Gasteiger partial charge in [0.15, 0.2) is 0 Å². The van der Waals surface area contributed by atoms with Crippen LogP contribution in [0.4, 0.5) is 5.69 Å². The lowest BCUT2D eigenvalue weighted by Crippen LogP contribution is -2.49. The Balaban J connectivity index is 2.12.